The minimum atomic E-state index is -0.112. The van der Waals surface area contributed by atoms with E-state index < -0.39 is 0 Å². The van der Waals surface area contributed by atoms with E-state index in [2.05, 4.69) is 20.6 Å². The molecule has 0 radical (unpaired) electrons. The van der Waals surface area contributed by atoms with E-state index in [4.69, 9.17) is 0 Å². The highest BCUT2D eigenvalue weighted by molar-refractivity contribution is 5.91. The second-order valence-corrected chi connectivity index (χ2v) is 3.17. The van der Waals surface area contributed by atoms with E-state index in [1.807, 2.05) is 13.8 Å². The molecule has 1 heterocycles. The molecule has 0 saturated carbocycles. The maximum Gasteiger partial charge on any atom is 0.239 e. The molecule has 0 aliphatic rings. The molecule has 1 aromatic rings. The Morgan fingerprint density at radius 1 is 1.50 bits per heavy atom. The summed E-state index contributed by atoms with van der Waals surface area (Å²) in [7, 11) is 0. The van der Waals surface area contributed by atoms with Gasteiger partial charge in [0.1, 0.15) is 0 Å². The van der Waals surface area contributed by atoms with Crippen molar-refractivity contribution in [2.24, 2.45) is 0 Å². The van der Waals surface area contributed by atoms with Crippen LogP contribution in [0.2, 0.25) is 0 Å². The summed E-state index contributed by atoms with van der Waals surface area (Å²) in [5, 5.41) is 5.63. The number of anilines is 1. The molecule has 1 aromatic heterocycles. The minimum Gasteiger partial charge on any atom is -0.308 e. The summed E-state index contributed by atoms with van der Waals surface area (Å²) < 4.78 is 0. The van der Waals surface area contributed by atoms with Gasteiger partial charge in [0.25, 0.3) is 0 Å². The maximum atomic E-state index is 11.3. The highest BCUT2D eigenvalue weighted by Crippen LogP contribution is 1.95. The number of hydrogen-bond acceptors (Lipinski definition) is 4. The number of hydrogen-bond donors (Lipinski definition) is 2. The molecule has 14 heavy (non-hydrogen) atoms. The molecule has 2 N–H and O–H groups in total. The van der Waals surface area contributed by atoms with Crippen molar-refractivity contribution in [2.45, 2.75) is 19.9 Å². The van der Waals surface area contributed by atoms with Crippen LogP contribution in [0.15, 0.2) is 18.6 Å². The van der Waals surface area contributed by atoms with Crippen molar-refractivity contribution in [3.8, 4) is 0 Å². The topological polar surface area (TPSA) is 66.9 Å². The SMILES string of the molecule is CC(C)NCC(=O)Nc1cnccn1. The van der Waals surface area contributed by atoms with E-state index in [1.165, 1.54) is 12.4 Å². The van der Waals surface area contributed by atoms with Crippen molar-refractivity contribution in [2.75, 3.05) is 11.9 Å². The summed E-state index contributed by atoms with van der Waals surface area (Å²) in [5.41, 5.74) is 0. The van der Waals surface area contributed by atoms with Crippen molar-refractivity contribution in [3.63, 3.8) is 0 Å². The second kappa shape index (κ2) is 5.29. The highest BCUT2D eigenvalue weighted by Gasteiger charge is 2.02. The van der Waals surface area contributed by atoms with E-state index in [1.54, 1.807) is 6.20 Å². The van der Waals surface area contributed by atoms with Gasteiger partial charge in [-0.05, 0) is 0 Å². The van der Waals surface area contributed by atoms with Gasteiger partial charge in [-0.3, -0.25) is 9.78 Å². The number of nitrogens with one attached hydrogen (secondary N) is 2. The first-order valence-corrected chi connectivity index (χ1v) is 4.47. The fraction of sp³-hybridized carbons (Fsp3) is 0.444. The summed E-state index contributed by atoms with van der Waals surface area (Å²) >= 11 is 0. The zero-order chi connectivity index (χ0) is 10.4. The zero-order valence-corrected chi connectivity index (χ0v) is 8.32. The molecular formula is C9H14N4O. The van der Waals surface area contributed by atoms with Crippen LogP contribution in [0.3, 0.4) is 0 Å². The smallest absolute Gasteiger partial charge is 0.239 e. The first kappa shape index (κ1) is 10.6. The molecule has 0 aromatic carbocycles. The van der Waals surface area contributed by atoms with Crippen LogP contribution >= 0.6 is 0 Å². The molecule has 0 atom stereocenters. The Balaban J connectivity index is 2.35. The van der Waals surface area contributed by atoms with Gasteiger partial charge in [0.15, 0.2) is 5.82 Å². The molecule has 76 valence electrons. The first-order valence-electron chi connectivity index (χ1n) is 4.47. The fourth-order valence-corrected chi connectivity index (χ4v) is 0.848. The molecule has 1 rings (SSSR count). The van der Waals surface area contributed by atoms with E-state index in [-0.39, 0.29) is 12.5 Å². The monoisotopic (exact) mass is 194 g/mol. The Morgan fingerprint density at radius 3 is 2.86 bits per heavy atom. The highest BCUT2D eigenvalue weighted by atomic mass is 16.1. The van der Waals surface area contributed by atoms with Gasteiger partial charge in [-0.25, -0.2) is 4.98 Å². The van der Waals surface area contributed by atoms with Gasteiger partial charge >= 0.3 is 0 Å². The fourth-order valence-electron chi connectivity index (χ4n) is 0.848. The summed E-state index contributed by atoms with van der Waals surface area (Å²) in [6.45, 7) is 4.25. The maximum absolute atomic E-state index is 11.3. The molecule has 5 heteroatoms. The third-order valence-electron chi connectivity index (χ3n) is 1.50. The lowest BCUT2D eigenvalue weighted by atomic mass is 10.4. The van der Waals surface area contributed by atoms with Crippen molar-refractivity contribution in [3.05, 3.63) is 18.6 Å². The van der Waals surface area contributed by atoms with Gasteiger partial charge in [-0.2, -0.15) is 0 Å². The minimum absolute atomic E-state index is 0.112. The summed E-state index contributed by atoms with van der Waals surface area (Å²) in [5.74, 6) is 0.363. The molecule has 5 nitrogen and oxygen atoms in total. The van der Waals surface area contributed by atoms with Crippen LogP contribution in [0.25, 0.3) is 0 Å². The van der Waals surface area contributed by atoms with Crippen molar-refractivity contribution >= 4 is 11.7 Å². The van der Waals surface area contributed by atoms with E-state index in [0.717, 1.165) is 0 Å². The van der Waals surface area contributed by atoms with Crippen LogP contribution in [-0.4, -0.2) is 28.5 Å². The van der Waals surface area contributed by atoms with E-state index >= 15 is 0 Å². The lowest BCUT2D eigenvalue weighted by Crippen LogP contribution is -2.32. The Bertz CT molecular complexity index is 286. The lowest BCUT2D eigenvalue weighted by Gasteiger charge is -2.07. The molecular weight excluding hydrogens is 180 g/mol. The number of carbonyl (C=O) groups is 1. The predicted molar refractivity (Wildman–Crippen MR) is 53.8 cm³/mol. The van der Waals surface area contributed by atoms with Gasteiger partial charge in [0.05, 0.1) is 12.7 Å². The van der Waals surface area contributed by atoms with Gasteiger partial charge in [-0.1, -0.05) is 13.8 Å². The molecule has 0 aliphatic carbocycles. The van der Waals surface area contributed by atoms with Gasteiger partial charge in [0, 0.05) is 18.4 Å². The van der Waals surface area contributed by atoms with Crippen LogP contribution in [0.5, 0.6) is 0 Å². The summed E-state index contributed by atoms with van der Waals surface area (Å²) in [6, 6.07) is 0.294. The number of aromatic nitrogens is 2. The molecule has 0 spiro atoms. The van der Waals surface area contributed by atoms with Crippen molar-refractivity contribution in [1.82, 2.24) is 15.3 Å². The molecule has 0 aliphatic heterocycles. The summed E-state index contributed by atoms with van der Waals surface area (Å²) in [6.07, 6.45) is 4.60. The normalized spacial score (nSPS) is 10.2. The number of carbonyl (C=O) groups excluding carboxylic acids is 1. The third kappa shape index (κ3) is 3.95. The largest absolute Gasteiger partial charge is 0.308 e. The third-order valence-corrected chi connectivity index (χ3v) is 1.50. The Kier molecular flexibility index (Phi) is 4.00. The van der Waals surface area contributed by atoms with E-state index in [0.29, 0.717) is 11.9 Å². The molecule has 1 amide bonds. The predicted octanol–water partition coefficient (Wildman–Crippen LogP) is 0.413. The molecule has 0 bridgehead atoms. The zero-order valence-electron chi connectivity index (χ0n) is 8.32. The average Bonchev–Trinajstić information content (AvgIpc) is 2.16. The van der Waals surface area contributed by atoms with Gasteiger partial charge in [-0.15, -0.1) is 0 Å². The lowest BCUT2D eigenvalue weighted by molar-refractivity contribution is -0.115. The molecule has 0 fully saturated rings. The van der Waals surface area contributed by atoms with Gasteiger partial charge in [0.2, 0.25) is 5.91 Å². The van der Waals surface area contributed by atoms with Gasteiger partial charge < -0.3 is 10.6 Å². The second-order valence-electron chi connectivity index (χ2n) is 3.17. The van der Waals surface area contributed by atoms with Crippen molar-refractivity contribution in [1.29, 1.82) is 0 Å². The quantitative estimate of drug-likeness (QED) is 0.728. The van der Waals surface area contributed by atoms with Crippen LogP contribution in [0, 0.1) is 0 Å². The molecule has 0 unspecified atom stereocenters. The number of nitrogens with zero attached hydrogens (tertiary/aromatic N) is 2. The first-order chi connectivity index (χ1) is 6.68. The Morgan fingerprint density at radius 2 is 2.29 bits per heavy atom. The van der Waals surface area contributed by atoms with Crippen LogP contribution < -0.4 is 10.6 Å². The van der Waals surface area contributed by atoms with Crippen LogP contribution in [-0.2, 0) is 4.79 Å². The van der Waals surface area contributed by atoms with E-state index in [9.17, 15) is 4.79 Å². The number of rotatable bonds is 4. The number of amides is 1. The Hall–Kier alpha value is -1.49. The average molecular weight is 194 g/mol. The van der Waals surface area contributed by atoms with Crippen LogP contribution in [0.1, 0.15) is 13.8 Å². The molecule has 0 saturated heterocycles. The Labute approximate surface area is 83.0 Å². The summed E-state index contributed by atoms with van der Waals surface area (Å²) in [4.78, 5) is 19.0. The van der Waals surface area contributed by atoms with Crippen LogP contribution in [0.4, 0.5) is 5.82 Å². The van der Waals surface area contributed by atoms with Crippen molar-refractivity contribution < 1.29 is 4.79 Å². The standard InChI is InChI=1S/C9H14N4O/c1-7(2)12-6-9(14)13-8-5-10-3-4-11-8/h3-5,7,12H,6H2,1-2H3,(H,11,13,14).